The quantitative estimate of drug-likeness (QED) is 0.424. The number of anilines is 1. The van der Waals surface area contributed by atoms with Crippen molar-refractivity contribution in [3.63, 3.8) is 0 Å². The van der Waals surface area contributed by atoms with Gasteiger partial charge in [0.25, 0.3) is 0 Å². The molecule has 1 aliphatic rings. The Kier molecular flexibility index (Phi) is 7.85. The summed E-state index contributed by atoms with van der Waals surface area (Å²) < 4.78 is 6.39. The molecule has 1 amide bonds. The fourth-order valence-corrected chi connectivity index (χ4v) is 5.73. The van der Waals surface area contributed by atoms with Gasteiger partial charge in [0, 0.05) is 43.2 Å². The van der Waals surface area contributed by atoms with E-state index in [2.05, 4.69) is 17.0 Å². The zero-order chi connectivity index (χ0) is 21.6. The maximum atomic E-state index is 13.3. The molecule has 0 bridgehead atoms. The number of thiazole rings is 1. The highest BCUT2D eigenvalue weighted by molar-refractivity contribution is 7.99. The standard InChI is InChI=1S/C23H26ClN3O2S2/c1-17-7-8-19(24)22-21(17)25-23(31-22)27(11-10-26-12-14-29-15-13-26)20(28)9-16-30-18-5-3-2-4-6-18/h2-8H,9-16H2,1H3. The van der Waals surface area contributed by atoms with Crippen molar-refractivity contribution >= 4 is 56.0 Å². The Hall–Kier alpha value is -1.64. The zero-order valence-corrected chi connectivity index (χ0v) is 19.9. The van der Waals surface area contributed by atoms with Gasteiger partial charge >= 0.3 is 0 Å². The second-order valence-corrected chi connectivity index (χ2v) is 10.0. The summed E-state index contributed by atoms with van der Waals surface area (Å²) in [4.78, 5) is 23.4. The molecule has 2 aromatic carbocycles. The maximum absolute atomic E-state index is 13.3. The molecule has 1 aromatic heterocycles. The number of fused-ring (bicyclic) bond motifs is 1. The van der Waals surface area contributed by atoms with Crippen molar-refractivity contribution in [2.45, 2.75) is 18.2 Å². The average molecular weight is 476 g/mol. The number of ether oxygens (including phenoxy) is 1. The van der Waals surface area contributed by atoms with Gasteiger partial charge in [0.15, 0.2) is 5.13 Å². The lowest BCUT2D eigenvalue weighted by atomic mass is 10.2. The van der Waals surface area contributed by atoms with Crippen LogP contribution in [-0.4, -0.2) is 60.9 Å². The van der Waals surface area contributed by atoms with Crippen LogP contribution in [0.3, 0.4) is 0 Å². The van der Waals surface area contributed by atoms with Gasteiger partial charge in [-0.05, 0) is 30.7 Å². The van der Waals surface area contributed by atoms with Crippen LogP contribution in [0, 0.1) is 6.92 Å². The van der Waals surface area contributed by atoms with Crippen LogP contribution < -0.4 is 4.90 Å². The number of aromatic nitrogens is 1. The number of hydrogen-bond acceptors (Lipinski definition) is 6. The number of carbonyl (C=O) groups excluding carboxylic acids is 1. The molecule has 1 saturated heterocycles. The molecule has 0 saturated carbocycles. The molecular formula is C23H26ClN3O2S2. The first-order valence-corrected chi connectivity index (χ1v) is 12.6. The van der Waals surface area contributed by atoms with Crippen molar-refractivity contribution in [1.82, 2.24) is 9.88 Å². The number of hydrogen-bond donors (Lipinski definition) is 0. The number of aryl methyl sites for hydroxylation is 1. The first-order chi connectivity index (χ1) is 15.1. The van der Waals surface area contributed by atoms with Crippen LogP contribution in [0.2, 0.25) is 5.02 Å². The predicted octanol–water partition coefficient (Wildman–Crippen LogP) is 5.11. The van der Waals surface area contributed by atoms with Gasteiger partial charge in [0.1, 0.15) is 0 Å². The van der Waals surface area contributed by atoms with Gasteiger partial charge in [0.05, 0.1) is 28.5 Å². The van der Waals surface area contributed by atoms with Crippen molar-refractivity contribution < 1.29 is 9.53 Å². The average Bonchev–Trinajstić information content (AvgIpc) is 3.24. The first-order valence-electron chi connectivity index (χ1n) is 10.5. The first kappa shape index (κ1) is 22.6. The van der Waals surface area contributed by atoms with E-state index in [0.717, 1.165) is 59.5 Å². The van der Waals surface area contributed by atoms with Gasteiger partial charge in [0.2, 0.25) is 5.91 Å². The Morgan fingerprint density at radius 3 is 2.74 bits per heavy atom. The van der Waals surface area contributed by atoms with Crippen molar-refractivity contribution in [2.24, 2.45) is 0 Å². The largest absolute Gasteiger partial charge is 0.379 e. The molecule has 0 N–H and O–H groups in total. The van der Waals surface area contributed by atoms with E-state index in [1.165, 1.54) is 16.2 Å². The summed E-state index contributed by atoms with van der Waals surface area (Å²) in [5.74, 6) is 0.839. The van der Waals surface area contributed by atoms with E-state index in [-0.39, 0.29) is 5.91 Å². The minimum Gasteiger partial charge on any atom is -0.379 e. The van der Waals surface area contributed by atoms with Crippen LogP contribution in [0.4, 0.5) is 5.13 Å². The molecule has 2 heterocycles. The minimum absolute atomic E-state index is 0.101. The molecule has 0 radical (unpaired) electrons. The normalized spacial score (nSPS) is 14.8. The Balaban J connectivity index is 1.50. The molecule has 1 fully saturated rings. The maximum Gasteiger partial charge on any atom is 0.229 e. The molecule has 0 atom stereocenters. The number of morpholine rings is 1. The molecule has 31 heavy (non-hydrogen) atoms. The molecule has 8 heteroatoms. The number of amides is 1. The van der Waals surface area contributed by atoms with Gasteiger partial charge < -0.3 is 4.74 Å². The lowest BCUT2D eigenvalue weighted by Crippen LogP contribution is -2.43. The van der Waals surface area contributed by atoms with Crippen molar-refractivity contribution in [2.75, 3.05) is 50.0 Å². The third-order valence-corrected chi connectivity index (χ3v) is 7.84. The topological polar surface area (TPSA) is 45.7 Å². The van der Waals surface area contributed by atoms with E-state index in [1.807, 2.05) is 42.2 Å². The molecular weight excluding hydrogens is 450 g/mol. The zero-order valence-electron chi connectivity index (χ0n) is 17.6. The fourth-order valence-electron chi connectivity index (χ4n) is 3.51. The Morgan fingerprint density at radius 1 is 1.23 bits per heavy atom. The summed E-state index contributed by atoms with van der Waals surface area (Å²) >= 11 is 9.63. The Bertz CT molecular complexity index is 983. The molecule has 0 spiro atoms. The highest BCUT2D eigenvalue weighted by atomic mass is 35.5. The third-order valence-electron chi connectivity index (χ3n) is 5.29. The number of carbonyl (C=O) groups is 1. The van der Waals surface area contributed by atoms with Crippen LogP contribution in [0.25, 0.3) is 10.2 Å². The van der Waals surface area contributed by atoms with Crippen LogP contribution in [-0.2, 0) is 9.53 Å². The molecule has 1 aliphatic heterocycles. The van der Waals surface area contributed by atoms with E-state index >= 15 is 0 Å². The lowest BCUT2D eigenvalue weighted by Gasteiger charge is -2.29. The van der Waals surface area contributed by atoms with Crippen LogP contribution >= 0.6 is 34.7 Å². The molecule has 4 rings (SSSR count). The Morgan fingerprint density at radius 2 is 2.00 bits per heavy atom. The van der Waals surface area contributed by atoms with E-state index in [1.54, 1.807) is 11.8 Å². The second kappa shape index (κ2) is 10.8. The van der Waals surface area contributed by atoms with E-state index in [4.69, 9.17) is 21.3 Å². The summed E-state index contributed by atoms with van der Waals surface area (Å²) in [5.41, 5.74) is 1.96. The van der Waals surface area contributed by atoms with Gasteiger partial charge in [-0.2, -0.15) is 0 Å². The van der Waals surface area contributed by atoms with Crippen LogP contribution in [0.5, 0.6) is 0 Å². The SMILES string of the molecule is Cc1ccc(Cl)c2sc(N(CCN3CCOCC3)C(=O)CCSc3ccccc3)nc12. The summed E-state index contributed by atoms with van der Waals surface area (Å²) in [7, 11) is 0. The molecule has 5 nitrogen and oxygen atoms in total. The van der Waals surface area contributed by atoms with Gasteiger partial charge in [-0.3, -0.25) is 14.6 Å². The van der Waals surface area contributed by atoms with E-state index in [9.17, 15) is 4.79 Å². The minimum atomic E-state index is 0.101. The third kappa shape index (κ3) is 5.79. The van der Waals surface area contributed by atoms with Gasteiger partial charge in [-0.15, -0.1) is 11.8 Å². The summed E-state index contributed by atoms with van der Waals surface area (Å²) in [6.07, 6.45) is 0.464. The lowest BCUT2D eigenvalue weighted by molar-refractivity contribution is -0.118. The van der Waals surface area contributed by atoms with Gasteiger partial charge in [-0.1, -0.05) is 47.2 Å². The Labute approximate surface area is 196 Å². The monoisotopic (exact) mass is 475 g/mol. The van der Waals surface area contributed by atoms with Crippen LogP contribution in [0.15, 0.2) is 47.4 Å². The van der Waals surface area contributed by atoms with E-state index in [0.29, 0.717) is 18.0 Å². The second-order valence-electron chi connectivity index (χ2n) is 7.45. The molecule has 3 aromatic rings. The number of nitrogens with zero attached hydrogens (tertiary/aromatic N) is 3. The molecule has 0 unspecified atom stereocenters. The predicted molar refractivity (Wildman–Crippen MR) is 131 cm³/mol. The van der Waals surface area contributed by atoms with Crippen molar-refractivity contribution in [3.8, 4) is 0 Å². The fraction of sp³-hybridized carbons (Fsp3) is 0.391. The molecule has 0 aliphatic carbocycles. The van der Waals surface area contributed by atoms with Crippen LogP contribution in [0.1, 0.15) is 12.0 Å². The number of benzene rings is 2. The number of rotatable bonds is 8. The summed E-state index contributed by atoms with van der Waals surface area (Å²) in [6.45, 7) is 6.75. The highest BCUT2D eigenvalue weighted by Gasteiger charge is 2.22. The van der Waals surface area contributed by atoms with Crippen molar-refractivity contribution in [3.05, 3.63) is 53.1 Å². The smallest absolute Gasteiger partial charge is 0.229 e. The van der Waals surface area contributed by atoms with Gasteiger partial charge in [-0.25, -0.2) is 4.98 Å². The number of halogens is 1. The van der Waals surface area contributed by atoms with Crippen molar-refractivity contribution in [1.29, 1.82) is 0 Å². The molecule has 164 valence electrons. The number of thioether (sulfide) groups is 1. The summed E-state index contributed by atoms with van der Waals surface area (Å²) in [5, 5.41) is 1.42. The summed E-state index contributed by atoms with van der Waals surface area (Å²) in [6, 6.07) is 14.1. The van der Waals surface area contributed by atoms with E-state index < -0.39 is 0 Å². The highest BCUT2D eigenvalue weighted by Crippen LogP contribution is 2.36.